The summed E-state index contributed by atoms with van der Waals surface area (Å²) in [6.45, 7) is 6.46. The first kappa shape index (κ1) is 14.0. The Labute approximate surface area is 95.2 Å². The van der Waals surface area contributed by atoms with E-state index in [1.54, 1.807) is 3.71 Å². The van der Waals surface area contributed by atoms with Crippen LogP contribution in [0.2, 0.25) is 0 Å². The number of hydrogen-bond acceptors (Lipinski definition) is 4. The van der Waals surface area contributed by atoms with Crippen LogP contribution in [-0.2, 0) is 4.74 Å². The van der Waals surface area contributed by atoms with E-state index in [0.717, 1.165) is 24.3 Å². The van der Waals surface area contributed by atoms with Gasteiger partial charge in [-0.15, -0.1) is 0 Å². The smallest absolute Gasteiger partial charge is 0.430 e. The fraction of sp³-hybridized carbons (Fsp3) is 0.889. The number of carbonyl (C=O) groups excluding carboxylic acids is 1. The van der Waals surface area contributed by atoms with Crippen LogP contribution in [0.3, 0.4) is 0 Å². The highest BCUT2D eigenvalue weighted by Gasteiger charge is 2.14. The molecule has 0 spiro atoms. The van der Waals surface area contributed by atoms with Crippen LogP contribution in [0.25, 0.3) is 0 Å². The molecule has 0 aromatic carbocycles. The maximum Gasteiger partial charge on any atom is 0.430 e. The lowest BCUT2D eigenvalue weighted by molar-refractivity contribution is 0.148. The average Bonchev–Trinajstić information content (AvgIpc) is 2.18. The molecule has 0 aliphatic carbocycles. The summed E-state index contributed by atoms with van der Waals surface area (Å²) in [5.41, 5.74) is 0. The van der Waals surface area contributed by atoms with E-state index in [2.05, 4.69) is 13.8 Å². The minimum Gasteiger partial charge on any atom is -0.448 e. The zero-order valence-corrected chi connectivity index (χ0v) is 10.7. The molecule has 0 aliphatic rings. The van der Waals surface area contributed by atoms with E-state index >= 15 is 0 Å². The molecule has 0 saturated heterocycles. The molecule has 3 nitrogen and oxygen atoms in total. The highest BCUT2D eigenvalue weighted by Crippen LogP contribution is 2.24. The maximum absolute atomic E-state index is 11.4. The number of carbonyl (C=O) groups is 1. The van der Waals surface area contributed by atoms with Crippen LogP contribution in [0.5, 0.6) is 0 Å². The fourth-order valence-corrected chi connectivity index (χ4v) is 2.43. The minimum absolute atomic E-state index is 0.232. The van der Waals surface area contributed by atoms with Crippen LogP contribution >= 0.6 is 23.9 Å². The van der Waals surface area contributed by atoms with Gasteiger partial charge in [-0.3, -0.25) is 0 Å². The molecule has 0 rings (SSSR count). The third-order valence-electron chi connectivity index (χ3n) is 1.24. The lowest BCUT2D eigenvalue weighted by Gasteiger charge is -2.18. The molecule has 0 aromatic heterocycles. The number of hydrogen-bond donors (Lipinski definition) is 0. The summed E-state index contributed by atoms with van der Waals surface area (Å²) in [4.78, 5) is 11.4. The molecule has 14 heavy (non-hydrogen) atoms. The van der Waals surface area contributed by atoms with Gasteiger partial charge in [-0.05, 0) is 43.7 Å². The number of nitrogens with zero attached hydrogens (tertiary/aromatic N) is 1. The molecule has 0 aliphatic heterocycles. The molecule has 0 aromatic rings. The molecule has 0 bridgehead atoms. The van der Waals surface area contributed by atoms with Gasteiger partial charge in [0.25, 0.3) is 0 Å². The van der Waals surface area contributed by atoms with Gasteiger partial charge in [0.2, 0.25) is 0 Å². The van der Waals surface area contributed by atoms with Crippen molar-refractivity contribution in [1.29, 1.82) is 0 Å². The Morgan fingerprint density at radius 2 is 1.64 bits per heavy atom. The molecule has 0 atom stereocenters. The van der Waals surface area contributed by atoms with E-state index in [9.17, 15) is 4.79 Å². The Morgan fingerprint density at radius 3 is 2.00 bits per heavy atom. The van der Waals surface area contributed by atoms with Gasteiger partial charge in [-0.2, -0.15) is 3.71 Å². The van der Waals surface area contributed by atoms with Gasteiger partial charge in [-0.25, -0.2) is 4.79 Å². The normalized spacial score (nSPS) is 9.93. The Kier molecular flexibility index (Phi) is 9.50. The van der Waals surface area contributed by atoms with E-state index in [0.29, 0.717) is 6.61 Å². The van der Waals surface area contributed by atoms with Gasteiger partial charge in [0, 0.05) is 11.5 Å². The lowest BCUT2D eigenvalue weighted by atomic mass is 10.6. The molecular formula is C9H19NO2S2. The first-order chi connectivity index (χ1) is 6.76. The third kappa shape index (κ3) is 6.43. The summed E-state index contributed by atoms with van der Waals surface area (Å²) in [6, 6.07) is 0. The topological polar surface area (TPSA) is 29.5 Å². The molecule has 5 heteroatoms. The van der Waals surface area contributed by atoms with Crippen molar-refractivity contribution in [3.8, 4) is 0 Å². The summed E-state index contributed by atoms with van der Waals surface area (Å²) < 4.78 is 6.59. The Hall–Kier alpha value is -0.0300. The van der Waals surface area contributed by atoms with Crippen molar-refractivity contribution in [2.24, 2.45) is 0 Å². The highest BCUT2D eigenvalue weighted by atomic mass is 32.2. The largest absolute Gasteiger partial charge is 0.448 e. The van der Waals surface area contributed by atoms with Crippen molar-refractivity contribution in [2.75, 3.05) is 18.1 Å². The van der Waals surface area contributed by atoms with Crippen LogP contribution in [0.1, 0.15) is 33.6 Å². The summed E-state index contributed by atoms with van der Waals surface area (Å²) in [5, 5.41) is 0. The summed E-state index contributed by atoms with van der Waals surface area (Å²) >= 11 is 3.06. The van der Waals surface area contributed by atoms with Crippen molar-refractivity contribution in [3.63, 3.8) is 0 Å². The second-order valence-corrected chi connectivity index (χ2v) is 4.92. The van der Waals surface area contributed by atoms with Crippen LogP contribution in [0.4, 0.5) is 4.79 Å². The molecule has 0 saturated carbocycles. The molecule has 84 valence electrons. The van der Waals surface area contributed by atoms with Crippen molar-refractivity contribution in [1.82, 2.24) is 3.71 Å². The SMILES string of the molecule is CCCSN(SCCC)C(=O)OCC. The molecule has 0 unspecified atom stereocenters. The molecule has 0 radical (unpaired) electrons. The van der Waals surface area contributed by atoms with E-state index in [-0.39, 0.29) is 6.09 Å². The molecule has 0 N–H and O–H groups in total. The number of rotatable bonds is 7. The highest BCUT2D eigenvalue weighted by molar-refractivity contribution is 8.12. The predicted octanol–water partition coefficient (Wildman–Crippen LogP) is 3.56. The van der Waals surface area contributed by atoms with E-state index < -0.39 is 0 Å². The summed E-state index contributed by atoms with van der Waals surface area (Å²) in [6.07, 6.45) is 1.89. The standard InChI is InChI=1S/C9H19NO2S2/c1-4-7-13-10(14-8-5-2)9(11)12-6-3/h4-8H2,1-3H3. The fourth-order valence-electron chi connectivity index (χ4n) is 0.667. The van der Waals surface area contributed by atoms with Gasteiger partial charge in [0.15, 0.2) is 0 Å². The van der Waals surface area contributed by atoms with Crippen LogP contribution in [0.15, 0.2) is 0 Å². The van der Waals surface area contributed by atoms with Crippen molar-refractivity contribution < 1.29 is 9.53 Å². The van der Waals surface area contributed by atoms with E-state index in [1.807, 2.05) is 6.92 Å². The Bertz CT molecular complexity index is 148. The zero-order valence-electron chi connectivity index (χ0n) is 9.12. The van der Waals surface area contributed by atoms with E-state index in [4.69, 9.17) is 4.74 Å². The second kappa shape index (κ2) is 9.52. The van der Waals surface area contributed by atoms with Crippen molar-refractivity contribution >= 4 is 30.0 Å². The molecule has 0 fully saturated rings. The minimum atomic E-state index is -0.232. The second-order valence-electron chi connectivity index (χ2n) is 2.62. The predicted molar refractivity (Wildman–Crippen MR) is 64.4 cm³/mol. The van der Waals surface area contributed by atoms with Gasteiger partial charge >= 0.3 is 6.09 Å². The van der Waals surface area contributed by atoms with Crippen LogP contribution in [0, 0.1) is 0 Å². The molecular weight excluding hydrogens is 218 g/mol. The Balaban J connectivity index is 3.88. The van der Waals surface area contributed by atoms with Crippen molar-refractivity contribution in [2.45, 2.75) is 33.6 Å². The summed E-state index contributed by atoms with van der Waals surface area (Å²) in [7, 11) is 0. The monoisotopic (exact) mass is 237 g/mol. The molecule has 0 heterocycles. The average molecular weight is 237 g/mol. The zero-order chi connectivity index (χ0) is 10.8. The van der Waals surface area contributed by atoms with Gasteiger partial charge in [0.1, 0.15) is 0 Å². The number of amides is 1. The Morgan fingerprint density at radius 1 is 1.14 bits per heavy atom. The van der Waals surface area contributed by atoms with Gasteiger partial charge in [0.05, 0.1) is 6.61 Å². The molecule has 1 amide bonds. The lowest BCUT2D eigenvalue weighted by Crippen LogP contribution is -2.19. The van der Waals surface area contributed by atoms with Crippen LogP contribution in [-0.4, -0.2) is 27.9 Å². The van der Waals surface area contributed by atoms with Crippen molar-refractivity contribution in [3.05, 3.63) is 0 Å². The first-order valence-electron chi connectivity index (χ1n) is 4.98. The first-order valence-corrected chi connectivity index (χ1v) is 6.87. The third-order valence-corrected chi connectivity index (χ3v) is 3.82. The number of ether oxygens (including phenoxy) is 1. The van der Waals surface area contributed by atoms with Crippen LogP contribution < -0.4 is 0 Å². The quantitative estimate of drug-likeness (QED) is 0.633. The maximum atomic E-state index is 11.4. The summed E-state index contributed by atoms with van der Waals surface area (Å²) in [5.74, 6) is 1.91. The van der Waals surface area contributed by atoms with E-state index in [1.165, 1.54) is 23.9 Å². The van der Waals surface area contributed by atoms with Gasteiger partial charge in [-0.1, -0.05) is 13.8 Å². The van der Waals surface area contributed by atoms with Gasteiger partial charge < -0.3 is 4.74 Å².